The molecule has 0 aliphatic heterocycles. The predicted molar refractivity (Wildman–Crippen MR) is 71.4 cm³/mol. The lowest BCUT2D eigenvalue weighted by Crippen LogP contribution is -1.89. The smallest absolute Gasteiger partial charge is 0.123 e. The average molecular weight is 244 g/mol. The summed E-state index contributed by atoms with van der Waals surface area (Å²) in [5, 5.41) is 9.91. The van der Waals surface area contributed by atoms with Crippen LogP contribution in [-0.4, -0.2) is 19.3 Å². The number of phenols is 1. The topological polar surface area (TPSA) is 38.7 Å². The molecule has 3 nitrogen and oxygen atoms in total. The van der Waals surface area contributed by atoms with Gasteiger partial charge in [0, 0.05) is 5.56 Å². The minimum atomic E-state index is 0.236. The van der Waals surface area contributed by atoms with Crippen LogP contribution in [0.3, 0.4) is 0 Å². The van der Waals surface area contributed by atoms with E-state index in [1.807, 2.05) is 31.2 Å². The summed E-state index contributed by atoms with van der Waals surface area (Å²) in [4.78, 5) is 0. The molecule has 18 heavy (non-hydrogen) atoms. The average Bonchev–Trinajstić information content (AvgIpc) is 2.39. The van der Waals surface area contributed by atoms with Crippen LogP contribution in [0.2, 0.25) is 0 Å². The van der Waals surface area contributed by atoms with Crippen LogP contribution in [0.25, 0.3) is 11.1 Å². The van der Waals surface area contributed by atoms with Crippen LogP contribution in [0, 0.1) is 6.92 Å². The van der Waals surface area contributed by atoms with Crippen molar-refractivity contribution in [2.24, 2.45) is 0 Å². The summed E-state index contributed by atoms with van der Waals surface area (Å²) in [6, 6.07) is 11.0. The molecule has 0 spiro atoms. The lowest BCUT2D eigenvalue weighted by molar-refractivity contribution is 0.411. The van der Waals surface area contributed by atoms with Crippen molar-refractivity contribution in [3.05, 3.63) is 42.0 Å². The van der Waals surface area contributed by atoms with Crippen LogP contribution in [0.1, 0.15) is 5.56 Å². The number of methoxy groups -OCH3 is 2. The highest BCUT2D eigenvalue weighted by molar-refractivity contribution is 5.72. The number of aryl methyl sites for hydroxylation is 1. The molecule has 2 aromatic carbocycles. The Hall–Kier alpha value is -2.16. The Morgan fingerprint density at radius 2 is 1.72 bits per heavy atom. The second-order valence-electron chi connectivity index (χ2n) is 4.07. The van der Waals surface area contributed by atoms with Gasteiger partial charge >= 0.3 is 0 Å². The standard InChI is InChI=1S/C15H16O3/c1-10-8-11(4-7-15(10)18-3)13-9-12(17-2)5-6-14(13)16/h4-9,16H,1-3H3. The fraction of sp³-hybridized carbons (Fsp3) is 0.200. The summed E-state index contributed by atoms with van der Waals surface area (Å²) in [6.07, 6.45) is 0. The van der Waals surface area contributed by atoms with Gasteiger partial charge in [-0.05, 0) is 48.4 Å². The maximum atomic E-state index is 9.91. The molecular weight excluding hydrogens is 228 g/mol. The van der Waals surface area contributed by atoms with E-state index in [4.69, 9.17) is 9.47 Å². The van der Waals surface area contributed by atoms with E-state index in [2.05, 4.69) is 0 Å². The molecule has 94 valence electrons. The first-order valence-electron chi connectivity index (χ1n) is 5.67. The zero-order valence-corrected chi connectivity index (χ0v) is 10.7. The van der Waals surface area contributed by atoms with Crippen molar-refractivity contribution in [3.63, 3.8) is 0 Å². The van der Waals surface area contributed by atoms with Crippen LogP contribution in [0.15, 0.2) is 36.4 Å². The molecule has 2 rings (SSSR count). The van der Waals surface area contributed by atoms with E-state index in [1.165, 1.54) is 0 Å². The highest BCUT2D eigenvalue weighted by Gasteiger charge is 2.08. The molecule has 0 bridgehead atoms. The van der Waals surface area contributed by atoms with Crippen LogP contribution in [-0.2, 0) is 0 Å². The van der Waals surface area contributed by atoms with Gasteiger partial charge in [0.25, 0.3) is 0 Å². The summed E-state index contributed by atoms with van der Waals surface area (Å²) >= 11 is 0. The van der Waals surface area contributed by atoms with Crippen molar-refractivity contribution in [3.8, 4) is 28.4 Å². The van der Waals surface area contributed by atoms with Crippen molar-refractivity contribution >= 4 is 0 Å². The number of ether oxygens (including phenoxy) is 2. The molecule has 0 aromatic heterocycles. The number of aromatic hydroxyl groups is 1. The summed E-state index contributed by atoms with van der Waals surface area (Å²) in [5.74, 6) is 1.79. The molecule has 0 radical (unpaired) electrons. The van der Waals surface area contributed by atoms with E-state index >= 15 is 0 Å². The molecule has 0 heterocycles. The van der Waals surface area contributed by atoms with Crippen molar-refractivity contribution in [1.29, 1.82) is 0 Å². The van der Waals surface area contributed by atoms with Crippen molar-refractivity contribution in [2.75, 3.05) is 14.2 Å². The Kier molecular flexibility index (Phi) is 3.42. The van der Waals surface area contributed by atoms with Gasteiger partial charge in [-0.1, -0.05) is 6.07 Å². The number of hydrogen-bond donors (Lipinski definition) is 1. The molecule has 3 heteroatoms. The lowest BCUT2D eigenvalue weighted by Gasteiger charge is -2.10. The minimum Gasteiger partial charge on any atom is -0.507 e. The molecule has 0 saturated carbocycles. The molecular formula is C15H16O3. The second-order valence-corrected chi connectivity index (χ2v) is 4.07. The number of benzene rings is 2. The molecule has 0 unspecified atom stereocenters. The number of phenolic OH excluding ortho intramolecular Hbond substituents is 1. The van der Waals surface area contributed by atoms with E-state index in [0.717, 1.165) is 28.2 Å². The first-order chi connectivity index (χ1) is 8.65. The van der Waals surface area contributed by atoms with Gasteiger partial charge in [0.1, 0.15) is 17.2 Å². The lowest BCUT2D eigenvalue weighted by atomic mass is 10.0. The van der Waals surface area contributed by atoms with Gasteiger partial charge in [0.15, 0.2) is 0 Å². The zero-order chi connectivity index (χ0) is 13.1. The highest BCUT2D eigenvalue weighted by atomic mass is 16.5. The Bertz CT molecular complexity index is 562. The molecule has 1 N–H and O–H groups in total. The van der Waals surface area contributed by atoms with Crippen molar-refractivity contribution in [1.82, 2.24) is 0 Å². The van der Waals surface area contributed by atoms with Gasteiger partial charge < -0.3 is 14.6 Å². The summed E-state index contributed by atoms with van der Waals surface area (Å²) in [7, 11) is 3.25. The summed E-state index contributed by atoms with van der Waals surface area (Å²) < 4.78 is 10.4. The Balaban J connectivity index is 2.51. The maximum absolute atomic E-state index is 9.91. The summed E-state index contributed by atoms with van der Waals surface area (Å²) in [6.45, 7) is 1.97. The third-order valence-corrected chi connectivity index (χ3v) is 2.91. The Labute approximate surface area is 107 Å². The van der Waals surface area contributed by atoms with Crippen molar-refractivity contribution < 1.29 is 14.6 Å². The first-order valence-corrected chi connectivity index (χ1v) is 5.67. The van der Waals surface area contributed by atoms with Gasteiger partial charge in [-0.25, -0.2) is 0 Å². The van der Waals surface area contributed by atoms with E-state index < -0.39 is 0 Å². The first kappa shape index (κ1) is 12.3. The van der Waals surface area contributed by atoms with E-state index in [9.17, 15) is 5.11 Å². The van der Waals surface area contributed by atoms with Gasteiger partial charge in [0.2, 0.25) is 0 Å². The van der Waals surface area contributed by atoms with E-state index in [1.54, 1.807) is 26.4 Å². The third-order valence-electron chi connectivity index (χ3n) is 2.91. The Morgan fingerprint density at radius 1 is 0.944 bits per heavy atom. The fourth-order valence-electron chi connectivity index (χ4n) is 1.92. The predicted octanol–water partition coefficient (Wildman–Crippen LogP) is 3.38. The quantitative estimate of drug-likeness (QED) is 0.899. The molecule has 0 atom stereocenters. The SMILES string of the molecule is COc1ccc(O)c(-c2ccc(OC)c(C)c2)c1. The van der Waals surface area contributed by atoms with Crippen LogP contribution in [0.4, 0.5) is 0 Å². The van der Waals surface area contributed by atoms with Crippen LogP contribution >= 0.6 is 0 Å². The monoisotopic (exact) mass is 244 g/mol. The molecule has 0 aliphatic carbocycles. The fourth-order valence-corrected chi connectivity index (χ4v) is 1.92. The van der Waals surface area contributed by atoms with Gasteiger partial charge in [-0.2, -0.15) is 0 Å². The third kappa shape index (κ3) is 2.25. The van der Waals surface area contributed by atoms with Gasteiger partial charge in [-0.15, -0.1) is 0 Å². The molecule has 2 aromatic rings. The zero-order valence-electron chi connectivity index (χ0n) is 10.7. The van der Waals surface area contributed by atoms with Crippen LogP contribution < -0.4 is 9.47 Å². The van der Waals surface area contributed by atoms with Crippen LogP contribution in [0.5, 0.6) is 17.2 Å². The normalized spacial score (nSPS) is 10.2. The van der Waals surface area contributed by atoms with E-state index in [0.29, 0.717) is 0 Å². The highest BCUT2D eigenvalue weighted by Crippen LogP contribution is 2.34. The number of rotatable bonds is 3. The van der Waals surface area contributed by atoms with Crippen molar-refractivity contribution in [2.45, 2.75) is 6.92 Å². The van der Waals surface area contributed by atoms with Gasteiger partial charge in [-0.3, -0.25) is 0 Å². The molecule has 0 amide bonds. The molecule has 0 aliphatic rings. The minimum absolute atomic E-state index is 0.236. The molecule has 0 saturated heterocycles. The Morgan fingerprint density at radius 3 is 2.33 bits per heavy atom. The number of hydrogen-bond acceptors (Lipinski definition) is 3. The van der Waals surface area contributed by atoms with Gasteiger partial charge in [0.05, 0.1) is 14.2 Å². The molecule has 0 fully saturated rings. The van der Waals surface area contributed by atoms with E-state index in [-0.39, 0.29) is 5.75 Å². The second kappa shape index (κ2) is 5.00. The largest absolute Gasteiger partial charge is 0.507 e. The maximum Gasteiger partial charge on any atom is 0.123 e. The summed E-state index contributed by atoms with van der Waals surface area (Å²) in [5.41, 5.74) is 2.71.